The molecule has 24 heavy (non-hydrogen) atoms. The molecule has 3 fully saturated rings. The van der Waals surface area contributed by atoms with E-state index in [4.69, 9.17) is 0 Å². The van der Waals surface area contributed by atoms with Crippen LogP contribution < -0.4 is 10.2 Å². The van der Waals surface area contributed by atoms with E-state index in [2.05, 4.69) is 34.5 Å². The third-order valence-electron chi connectivity index (χ3n) is 6.13. The zero-order chi connectivity index (χ0) is 16.4. The number of fused-ring (bicyclic) bond motifs is 2. The molecule has 2 bridgehead atoms. The van der Waals surface area contributed by atoms with Gasteiger partial charge in [0, 0.05) is 43.2 Å². The third kappa shape index (κ3) is 3.74. The number of benzene rings is 1. The minimum Gasteiger partial charge on any atom is -0.370 e. The van der Waals surface area contributed by atoms with Gasteiger partial charge in [0.15, 0.2) is 0 Å². The third-order valence-corrected chi connectivity index (χ3v) is 7.08. The normalized spacial score (nSPS) is 29.0. The minimum atomic E-state index is 0.240. The van der Waals surface area contributed by atoms with Gasteiger partial charge in [-0.15, -0.1) is 0 Å². The summed E-state index contributed by atoms with van der Waals surface area (Å²) in [5, 5.41) is 3.13. The van der Waals surface area contributed by atoms with Gasteiger partial charge in [-0.25, -0.2) is 0 Å². The molecule has 2 saturated carbocycles. The van der Waals surface area contributed by atoms with Crippen LogP contribution in [0, 0.1) is 17.8 Å². The Bertz CT molecular complexity index is 568. The number of amides is 1. The fourth-order valence-corrected chi connectivity index (χ4v) is 5.69. The second kappa shape index (κ2) is 7.38. The second-order valence-electron chi connectivity index (χ2n) is 7.68. The van der Waals surface area contributed by atoms with E-state index in [9.17, 15) is 4.79 Å². The topological polar surface area (TPSA) is 32.3 Å². The van der Waals surface area contributed by atoms with Gasteiger partial charge in [0.1, 0.15) is 0 Å². The highest BCUT2D eigenvalue weighted by molar-refractivity contribution is 7.99. The molecule has 1 N–H and O–H groups in total. The summed E-state index contributed by atoms with van der Waals surface area (Å²) in [5.41, 5.74) is 2.51. The van der Waals surface area contributed by atoms with E-state index in [0.29, 0.717) is 12.5 Å². The standard InChI is InChI=1S/C20H28N2OS/c23-20(13-18-12-16-1-4-17(18)11-16)21-14-15-2-5-19(6-3-15)22-7-9-24-10-8-22/h2-3,5-6,16-18H,1,4,7-14H2,(H,21,23)/t16-,17-,18-/m0/s1. The highest BCUT2D eigenvalue weighted by Crippen LogP contribution is 2.49. The molecule has 1 amide bonds. The van der Waals surface area contributed by atoms with E-state index >= 15 is 0 Å². The van der Waals surface area contributed by atoms with E-state index in [-0.39, 0.29) is 5.91 Å². The fraction of sp³-hybridized carbons (Fsp3) is 0.650. The number of carbonyl (C=O) groups excluding carboxylic acids is 1. The SMILES string of the molecule is O=C(C[C@@H]1C[C@H]2CC[C@H]1C2)NCc1ccc(N2CCSCC2)cc1. The van der Waals surface area contributed by atoms with Gasteiger partial charge in [0.2, 0.25) is 5.91 Å². The highest BCUT2D eigenvalue weighted by Gasteiger charge is 2.39. The molecule has 1 aromatic rings. The maximum absolute atomic E-state index is 12.2. The van der Waals surface area contributed by atoms with Gasteiger partial charge in [-0.1, -0.05) is 18.6 Å². The molecule has 0 unspecified atom stereocenters. The number of hydrogen-bond acceptors (Lipinski definition) is 3. The van der Waals surface area contributed by atoms with Crippen molar-refractivity contribution in [3.05, 3.63) is 29.8 Å². The van der Waals surface area contributed by atoms with Gasteiger partial charge in [0.05, 0.1) is 0 Å². The van der Waals surface area contributed by atoms with E-state index in [1.807, 2.05) is 11.8 Å². The number of carbonyl (C=O) groups is 1. The van der Waals surface area contributed by atoms with Crippen molar-refractivity contribution >= 4 is 23.4 Å². The number of anilines is 1. The Hall–Kier alpha value is -1.16. The average Bonchev–Trinajstić information content (AvgIpc) is 3.24. The summed E-state index contributed by atoms with van der Waals surface area (Å²) >= 11 is 2.04. The van der Waals surface area contributed by atoms with E-state index in [1.165, 1.54) is 48.4 Å². The molecule has 3 atom stereocenters. The maximum atomic E-state index is 12.2. The average molecular weight is 345 g/mol. The van der Waals surface area contributed by atoms with Gasteiger partial charge in [-0.05, 0) is 54.7 Å². The van der Waals surface area contributed by atoms with Crippen LogP contribution >= 0.6 is 11.8 Å². The Morgan fingerprint density at radius 3 is 2.58 bits per heavy atom. The summed E-state index contributed by atoms with van der Waals surface area (Å²) in [5.74, 6) is 5.10. The summed E-state index contributed by atoms with van der Waals surface area (Å²) in [4.78, 5) is 14.7. The molecule has 3 nitrogen and oxygen atoms in total. The Labute approximate surface area is 149 Å². The summed E-state index contributed by atoms with van der Waals surface area (Å²) < 4.78 is 0. The monoisotopic (exact) mass is 344 g/mol. The first-order valence-electron chi connectivity index (χ1n) is 9.46. The molecule has 0 spiro atoms. The number of hydrogen-bond donors (Lipinski definition) is 1. The van der Waals surface area contributed by atoms with Gasteiger partial charge < -0.3 is 10.2 Å². The molecule has 2 aliphatic carbocycles. The van der Waals surface area contributed by atoms with Crippen LogP contribution in [-0.4, -0.2) is 30.5 Å². The first-order chi connectivity index (χ1) is 11.8. The van der Waals surface area contributed by atoms with Crippen LogP contribution in [0.15, 0.2) is 24.3 Å². The van der Waals surface area contributed by atoms with Crippen molar-refractivity contribution < 1.29 is 4.79 Å². The number of nitrogens with zero attached hydrogens (tertiary/aromatic N) is 1. The van der Waals surface area contributed by atoms with E-state index < -0.39 is 0 Å². The molecule has 0 aromatic heterocycles. The van der Waals surface area contributed by atoms with Crippen LogP contribution in [0.1, 0.15) is 37.7 Å². The van der Waals surface area contributed by atoms with Crippen molar-refractivity contribution in [3.63, 3.8) is 0 Å². The zero-order valence-corrected chi connectivity index (χ0v) is 15.2. The first-order valence-corrected chi connectivity index (χ1v) is 10.6. The molecule has 1 heterocycles. The van der Waals surface area contributed by atoms with Crippen LogP contribution in [0.5, 0.6) is 0 Å². The smallest absolute Gasteiger partial charge is 0.220 e. The van der Waals surface area contributed by atoms with E-state index in [1.54, 1.807) is 0 Å². The Morgan fingerprint density at radius 2 is 1.92 bits per heavy atom. The lowest BCUT2D eigenvalue weighted by atomic mass is 9.86. The molecule has 1 aliphatic heterocycles. The van der Waals surface area contributed by atoms with Crippen molar-refractivity contribution in [2.24, 2.45) is 17.8 Å². The molecule has 4 rings (SSSR count). The predicted molar refractivity (Wildman–Crippen MR) is 101 cm³/mol. The minimum absolute atomic E-state index is 0.240. The predicted octanol–water partition coefficient (Wildman–Crippen LogP) is 3.68. The van der Waals surface area contributed by atoms with Gasteiger partial charge in [-0.2, -0.15) is 11.8 Å². The van der Waals surface area contributed by atoms with Crippen molar-refractivity contribution in [1.82, 2.24) is 5.32 Å². The molecular weight excluding hydrogens is 316 g/mol. The van der Waals surface area contributed by atoms with E-state index in [0.717, 1.165) is 31.3 Å². The van der Waals surface area contributed by atoms with Crippen LogP contribution in [0.3, 0.4) is 0 Å². The summed E-state index contributed by atoms with van der Waals surface area (Å²) in [7, 11) is 0. The fourth-order valence-electron chi connectivity index (χ4n) is 4.78. The second-order valence-corrected chi connectivity index (χ2v) is 8.91. The van der Waals surface area contributed by atoms with Crippen LogP contribution in [-0.2, 0) is 11.3 Å². The van der Waals surface area contributed by atoms with Crippen LogP contribution in [0.2, 0.25) is 0 Å². The zero-order valence-electron chi connectivity index (χ0n) is 14.4. The number of thioether (sulfide) groups is 1. The molecule has 1 saturated heterocycles. The Kier molecular flexibility index (Phi) is 5.02. The molecule has 0 radical (unpaired) electrons. The summed E-state index contributed by atoms with van der Waals surface area (Å²) in [6.45, 7) is 2.95. The quantitative estimate of drug-likeness (QED) is 0.884. The van der Waals surface area contributed by atoms with Crippen LogP contribution in [0.4, 0.5) is 5.69 Å². The van der Waals surface area contributed by atoms with Gasteiger partial charge in [-0.3, -0.25) is 4.79 Å². The molecule has 1 aromatic carbocycles. The lowest BCUT2D eigenvalue weighted by molar-refractivity contribution is -0.122. The number of rotatable bonds is 5. The summed E-state index contributed by atoms with van der Waals surface area (Å²) in [6, 6.07) is 8.73. The molecule has 3 aliphatic rings. The van der Waals surface area contributed by atoms with Crippen molar-refractivity contribution in [2.45, 2.75) is 38.6 Å². The maximum Gasteiger partial charge on any atom is 0.220 e. The Morgan fingerprint density at radius 1 is 1.12 bits per heavy atom. The first kappa shape index (κ1) is 16.3. The van der Waals surface area contributed by atoms with Crippen molar-refractivity contribution in [1.29, 1.82) is 0 Å². The number of nitrogens with one attached hydrogen (secondary N) is 1. The largest absolute Gasteiger partial charge is 0.370 e. The Balaban J connectivity index is 1.24. The van der Waals surface area contributed by atoms with Gasteiger partial charge in [0.25, 0.3) is 0 Å². The lowest BCUT2D eigenvalue weighted by Crippen LogP contribution is -2.32. The van der Waals surface area contributed by atoms with Crippen molar-refractivity contribution in [2.75, 3.05) is 29.5 Å². The molecule has 130 valence electrons. The van der Waals surface area contributed by atoms with Crippen molar-refractivity contribution in [3.8, 4) is 0 Å². The highest BCUT2D eigenvalue weighted by atomic mass is 32.2. The van der Waals surface area contributed by atoms with Crippen LogP contribution in [0.25, 0.3) is 0 Å². The molecule has 4 heteroatoms. The summed E-state index contributed by atoms with van der Waals surface area (Å²) in [6.07, 6.45) is 6.18. The van der Waals surface area contributed by atoms with Gasteiger partial charge >= 0.3 is 0 Å². The molecular formula is C20H28N2OS. The lowest BCUT2D eigenvalue weighted by Gasteiger charge is -2.28.